The number of ether oxygens (including phenoxy) is 1. The third-order valence-electron chi connectivity index (χ3n) is 5.65. The van der Waals surface area contributed by atoms with Crippen LogP contribution in [0, 0.1) is 5.92 Å². The number of anilines is 2. The predicted octanol–water partition coefficient (Wildman–Crippen LogP) is 2.47. The number of amides is 3. The maximum Gasteiger partial charge on any atom is 0.323 e. The number of likely N-dealkylation sites (tertiary alicyclic amines) is 1. The van der Waals surface area contributed by atoms with E-state index in [1.54, 1.807) is 35.8 Å². The van der Waals surface area contributed by atoms with Gasteiger partial charge in [-0.05, 0) is 36.6 Å². The number of rotatable bonds is 3. The smallest absolute Gasteiger partial charge is 0.323 e. The second-order valence-corrected chi connectivity index (χ2v) is 7.59. The summed E-state index contributed by atoms with van der Waals surface area (Å²) in [5.41, 5.74) is 1.45. The minimum Gasteiger partial charge on any atom is -0.495 e. The molecule has 1 fully saturated rings. The first-order valence-corrected chi connectivity index (χ1v) is 9.66. The zero-order valence-corrected chi connectivity index (χ0v) is 16.5. The number of hydrogen-bond acceptors (Lipinski definition) is 4. The molecule has 4 rings (SSSR count). The lowest BCUT2D eigenvalue weighted by Gasteiger charge is -2.42. The summed E-state index contributed by atoms with van der Waals surface area (Å²) in [6, 6.07) is 10.1. The molecular formula is C21H24N4O4. The Morgan fingerprint density at radius 1 is 1.03 bits per heavy atom. The Bertz CT molecular complexity index is 1020. The van der Waals surface area contributed by atoms with Crippen LogP contribution in [0.1, 0.15) is 25.0 Å². The number of para-hydroxylation sites is 2. The van der Waals surface area contributed by atoms with Crippen LogP contribution in [0.25, 0.3) is 0 Å². The van der Waals surface area contributed by atoms with Crippen LogP contribution in [0.2, 0.25) is 0 Å². The molecule has 2 aliphatic rings. The van der Waals surface area contributed by atoms with Crippen molar-refractivity contribution in [3.63, 3.8) is 0 Å². The zero-order chi connectivity index (χ0) is 20.5. The van der Waals surface area contributed by atoms with Crippen molar-refractivity contribution >= 4 is 23.3 Å². The number of benzene rings is 1. The summed E-state index contributed by atoms with van der Waals surface area (Å²) in [6.45, 7) is 3.44. The summed E-state index contributed by atoms with van der Waals surface area (Å²) in [7, 11) is 1.53. The molecule has 8 nitrogen and oxygen atoms in total. The van der Waals surface area contributed by atoms with Gasteiger partial charge in [-0.1, -0.05) is 12.1 Å². The third-order valence-corrected chi connectivity index (χ3v) is 5.65. The van der Waals surface area contributed by atoms with Gasteiger partial charge in [0.25, 0.3) is 5.56 Å². The highest BCUT2D eigenvalue weighted by Crippen LogP contribution is 2.35. The van der Waals surface area contributed by atoms with Crippen LogP contribution in [0.5, 0.6) is 5.75 Å². The van der Waals surface area contributed by atoms with Crippen molar-refractivity contribution in [2.45, 2.75) is 25.8 Å². The Balaban J connectivity index is 1.54. The lowest BCUT2D eigenvalue weighted by molar-refractivity contribution is -0.131. The van der Waals surface area contributed by atoms with Gasteiger partial charge in [-0.3, -0.25) is 9.59 Å². The molecular weight excluding hydrogens is 372 g/mol. The summed E-state index contributed by atoms with van der Waals surface area (Å²) < 4.78 is 6.97. The van der Waals surface area contributed by atoms with Gasteiger partial charge in [0.15, 0.2) is 0 Å². The Labute approximate surface area is 168 Å². The van der Waals surface area contributed by atoms with E-state index in [0.29, 0.717) is 31.1 Å². The van der Waals surface area contributed by atoms with Crippen molar-refractivity contribution in [1.82, 2.24) is 9.47 Å². The van der Waals surface area contributed by atoms with E-state index in [1.807, 2.05) is 17.0 Å². The van der Waals surface area contributed by atoms with Gasteiger partial charge in [0.05, 0.1) is 12.8 Å². The molecule has 3 heterocycles. The number of hydrogen-bond donors (Lipinski definition) is 2. The van der Waals surface area contributed by atoms with E-state index >= 15 is 0 Å². The van der Waals surface area contributed by atoms with Gasteiger partial charge in [-0.2, -0.15) is 0 Å². The van der Waals surface area contributed by atoms with Gasteiger partial charge >= 0.3 is 6.03 Å². The van der Waals surface area contributed by atoms with Gasteiger partial charge in [0.1, 0.15) is 11.4 Å². The second-order valence-electron chi connectivity index (χ2n) is 7.59. The summed E-state index contributed by atoms with van der Waals surface area (Å²) in [5, 5.41) is 5.36. The lowest BCUT2D eigenvalue weighted by atomic mass is 9.83. The van der Waals surface area contributed by atoms with E-state index in [9.17, 15) is 14.4 Å². The lowest BCUT2D eigenvalue weighted by Crippen LogP contribution is -2.48. The van der Waals surface area contributed by atoms with Crippen molar-refractivity contribution in [1.29, 1.82) is 0 Å². The highest BCUT2D eigenvalue weighted by atomic mass is 16.5. The number of urea groups is 1. The van der Waals surface area contributed by atoms with Gasteiger partial charge in [0, 0.05) is 38.2 Å². The molecule has 2 unspecified atom stereocenters. The quantitative estimate of drug-likeness (QED) is 0.834. The van der Waals surface area contributed by atoms with E-state index in [1.165, 1.54) is 7.11 Å². The van der Waals surface area contributed by atoms with Crippen LogP contribution < -0.4 is 20.9 Å². The fourth-order valence-corrected chi connectivity index (χ4v) is 4.32. The molecule has 2 aliphatic heterocycles. The van der Waals surface area contributed by atoms with E-state index in [4.69, 9.17) is 4.74 Å². The number of fused-ring (bicyclic) bond motifs is 4. The first-order valence-electron chi connectivity index (χ1n) is 9.66. The van der Waals surface area contributed by atoms with Crippen LogP contribution in [0.4, 0.5) is 16.2 Å². The summed E-state index contributed by atoms with van der Waals surface area (Å²) in [5.74, 6) is 1.01. The highest BCUT2D eigenvalue weighted by Gasteiger charge is 2.35. The van der Waals surface area contributed by atoms with Crippen molar-refractivity contribution in [3.05, 3.63) is 52.4 Å². The molecule has 1 saturated heterocycles. The largest absolute Gasteiger partial charge is 0.495 e. The Morgan fingerprint density at radius 2 is 1.79 bits per heavy atom. The molecule has 2 aromatic rings. The standard InChI is InChI=1S/C21H24N4O4/c1-13(26)24-10-14-9-15(12-24)18-8-7-17(20(27)25(18)11-14)23-21(28)22-16-5-3-4-6-19(16)29-2/h3-8,14-15H,9-12H2,1-2H3,(H2,22,23,28). The summed E-state index contributed by atoms with van der Waals surface area (Å²) >= 11 is 0. The van der Waals surface area contributed by atoms with E-state index < -0.39 is 6.03 Å². The normalized spacial score (nSPS) is 19.9. The van der Waals surface area contributed by atoms with Crippen LogP contribution in [0.15, 0.2) is 41.2 Å². The number of nitrogens with one attached hydrogen (secondary N) is 2. The zero-order valence-electron chi connectivity index (χ0n) is 16.5. The van der Waals surface area contributed by atoms with Crippen LogP contribution >= 0.6 is 0 Å². The molecule has 152 valence electrons. The van der Waals surface area contributed by atoms with Crippen molar-refractivity contribution in [2.75, 3.05) is 30.8 Å². The fraction of sp³-hybridized carbons (Fsp3) is 0.381. The number of carbonyl (C=O) groups is 2. The molecule has 2 atom stereocenters. The highest BCUT2D eigenvalue weighted by molar-refractivity contribution is 6.00. The maximum absolute atomic E-state index is 13.0. The average Bonchev–Trinajstić information content (AvgIpc) is 2.70. The van der Waals surface area contributed by atoms with E-state index in [-0.39, 0.29) is 29.0 Å². The third kappa shape index (κ3) is 3.70. The SMILES string of the molecule is COc1ccccc1NC(=O)Nc1ccc2n(c1=O)CC1CC2CN(C(C)=O)C1. The Morgan fingerprint density at radius 3 is 2.55 bits per heavy atom. The summed E-state index contributed by atoms with van der Waals surface area (Å²) in [6.07, 6.45) is 0.976. The first-order chi connectivity index (χ1) is 14.0. The topological polar surface area (TPSA) is 92.7 Å². The molecule has 1 aromatic carbocycles. The van der Waals surface area contributed by atoms with Crippen molar-refractivity contribution < 1.29 is 14.3 Å². The molecule has 0 spiro atoms. The van der Waals surface area contributed by atoms with E-state index in [0.717, 1.165) is 12.1 Å². The number of nitrogens with zero attached hydrogens (tertiary/aromatic N) is 2. The minimum absolute atomic E-state index is 0.0711. The van der Waals surface area contributed by atoms with Crippen molar-refractivity contribution in [3.8, 4) is 5.75 Å². The molecule has 1 aromatic heterocycles. The van der Waals surface area contributed by atoms with Crippen LogP contribution in [-0.4, -0.2) is 41.6 Å². The number of piperidine rings is 1. The van der Waals surface area contributed by atoms with Gasteiger partial charge < -0.3 is 24.8 Å². The molecule has 2 N–H and O–H groups in total. The number of pyridine rings is 1. The van der Waals surface area contributed by atoms with E-state index in [2.05, 4.69) is 10.6 Å². The minimum atomic E-state index is -0.508. The second kappa shape index (κ2) is 7.62. The molecule has 0 aliphatic carbocycles. The predicted molar refractivity (Wildman–Crippen MR) is 109 cm³/mol. The molecule has 8 heteroatoms. The summed E-state index contributed by atoms with van der Waals surface area (Å²) in [4.78, 5) is 39.0. The monoisotopic (exact) mass is 396 g/mol. The Kier molecular flexibility index (Phi) is 5.00. The Hall–Kier alpha value is -3.29. The van der Waals surface area contributed by atoms with Gasteiger partial charge in [-0.25, -0.2) is 4.79 Å². The van der Waals surface area contributed by atoms with Crippen molar-refractivity contribution in [2.24, 2.45) is 5.92 Å². The van der Waals surface area contributed by atoms with Gasteiger partial charge in [-0.15, -0.1) is 0 Å². The molecule has 0 saturated carbocycles. The maximum atomic E-state index is 13.0. The van der Waals surface area contributed by atoms with Gasteiger partial charge in [0.2, 0.25) is 5.91 Å². The average molecular weight is 396 g/mol. The first kappa shape index (κ1) is 19.0. The number of aromatic nitrogens is 1. The fourth-order valence-electron chi connectivity index (χ4n) is 4.32. The molecule has 3 amide bonds. The van der Waals surface area contributed by atoms with Crippen LogP contribution in [-0.2, 0) is 11.3 Å². The molecule has 2 bridgehead atoms. The molecule has 0 radical (unpaired) electrons. The molecule has 29 heavy (non-hydrogen) atoms. The van der Waals surface area contributed by atoms with Crippen LogP contribution in [0.3, 0.4) is 0 Å². The number of carbonyl (C=O) groups excluding carboxylic acids is 2. The number of methoxy groups -OCH3 is 1.